The molecular weight excluding hydrogens is 973 g/mol. The summed E-state index contributed by atoms with van der Waals surface area (Å²) in [6.07, 6.45) is 2.67. The topological polar surface area (TPSA) is 525 Å². The first-order chi connectivity index (χ1) is 35.2. The van der Waals surface area contributed by atoms with Crippen molar-refractivity contribution in [1.82, 2.24) is 52.1 Å². The first-order valence-electron chi connectivity index (χ1n) is 24.8. The molecule has 1 saturated heterocycles. The van der Waals surface area contributed by atoms with Crippen LogP contribution < -0.4 is 77.4 Å². The van der Waals surface area contributed by atoms with E-state index in [-0.39, 0.29) is 83.5 Å². The molecule has 418 valence electrons. The Morgan fingerprint density at radius 3 is 1.93 bits per heavy atom. The summed E-state index contributed by atoms with van der Waals surface area (Å²) in [4.78, 5) is 133. The van der Waals surface area contributed by atoms with E-state index in [9.17, 15) is 58.5 Å². The van der Waals surface area contributed by atoms with Gasteiger partial charge in [-0.15, -0.1) is 0 Å². The van der Waals surface area contributed by atoms with Gasteiger partial charge in [0.1, 0.15) is 42.3 Å². The molecule has 0 aliphatic carbocycles. The lowest BCUT2D eigenvalue weighted by Crippen LogP contribution is -2.62. The number of guanidine groups is 1. The predicted octanol–water partition coefficient (Wildman–Crippen LogP) is -7.87. The minimum Gasteiger partial charge on any atom is -0.480 e. The summed E-state index contributed by atoms with van der Waals surface area (Å²) in [5.41, 5.74) is 39.6. The van der Waals surface area contributed by atoms with Crippen molar-refractivity contribution < 1.29 is 58.5 Å². The zero-order chi connectivity index (χ0) is 55.3. The number of imidazole rings is 1. The van der Waals surface area contributed by atoms with Gasteiger partial charge < -0.3 is 103 Å². The van der Waals surface area contributed by atoms with Crippen LogP contribution in [0.2, 0.25) is 0 Å². The fourth-order valence-electron chi connectivity index (χ4n) is 7.79. The number of hydrogen-bond acceptors (Lipinski definition) is 18. The molecule has 0 aromatic carbocycles. The minimum absolute atomic E-state index is 0.0109. The second-order valence-electron chi connectivity index (χ2n) is 17.9. The number of aliphatic hydroxyl groups is 2. The number of carboxylic acid groups (broad SMARTS) is 1. The van der Waals surface area contributed by atoms with Crippen LogP contribution in [0.25, 0.3) is 0 Å². The summed E-state index contributed by atoms with van der Waals surface area (Å²) in [7, 11) is 0. The van der Waals surface area contributed by atoms with Gasteiger partial charge in [-0.2, -0.15) is 0 Å². The predicted molar refractivity (Wildman–Crippen MR) is 268 cm³/mol. The van der Waals surface area contributed by atoms with Crippen molar-refractivity contribution in [3.63, 3.8) is 0 Å². The molecule has 74 heavy (non-hydrogen) atoms. The Labute approximate surface area is 429 Å². The number of nitrogens with one attached hydrogen (secondary N) is 8. The third-order valence-corrected chi connectivity index (χ3v) is 11.9. The lowest BCUT2D eigenvalue weighted by atomic mass is 10.0. The van der Waals surface area contributed by atoms with Crippen LogP contribution >= 0.6 is 0 Å². The van der Waals surface area contributed by atoms with Gasteiger partial charge in [-0.3, -0.25) is 43.3 Å². The fourth-order valence-corrected chi connectivity index (χ4v) is 7.79. The number of unbranched alkanes of at least 4 members (excludes halogenated alkanes) is 2. The number of aromatic nitrogens is 2. The number of nitrogens with two attached hydrogens (primary N) is 7. The highest BCUT2D eigenvalue weighted by Crippen LogP contribution is 2.20. The van der Waals surface area contributed by atoms with E-state index in [4.69, 9.17) is 40.1 Å². The number of aliphatic imine (C=N–C) groups is 1. The second-order valence-corrected chi connectivity index (χ2v) is 17.9. The number of carbonyl (C=O) groups excluding carboxylic acids is 8. The molecule has 10 atom stereocenters. The molecule has 1 unspecified atom stereocenters. The lowest BCUT2D eigenvalue weighted by Gasteiger charge is -2.30. The van der Waals surface area contributed by atoms with Gasteiger partial charge in [0.2, 0.25) is 47.3 Å². The number of likely N-dealkylation sites (tertiary alicyclic amines) is 1. The van der Waals surface area contributed by atoms with Crippen LogP contribution in [0.5, 0.6) is 0 Å². The quantitative estimate of drug-likeness (QED) is 0.0169. The Kier molecular flexibility index (Phi) is 29.2. The van der Waals surface area contributed by atoms with E-state index in [1.165, 1.54) is 24.3 Å². The van der Waals surface area contributed by atoms with Gasteiger partial charge in [0, 0.05) is 37.9 Å². The van der Waals surface area contributed by atoms with Gasteiger partial charge in [-0.1, -0.05) is 6.42 Å². The first kappa shape index (κ1) is 63.5. The molecule has 1 aliphatic heterocycles. The summed E-state index contributed by atoms with van der Waals surface area (Å²) in [6.45, 7) is 0.888. The summed E-state index contributed by atoms with van der Waals surface area (Å²) < 4.78 is 0. The number of aliphatic hydroxyl groups excluding tert-OH is 2. The van der Waals surface area contributed by atoms with Crippen molar-refractivity contribution in [3.8, 4) is 0 Å². The minimum atomic E-state index is -1.71. The summed E-state index contributed by atoms with van der Waals surface area (Å²) in [5, 5.41) is 48.0. The first-order valence-corrected chi connectivity index (χ1v) is 24.8. The number of amides is 8. The Balaban J connectivity index is 2.23. The highest BCUT2D eigenvalue weighted by atomic mass is 16.4. The molecule has 30 heteroatoms. The number of rotatable bonds is 36. The fraction of sp³-hybridized carbons (Fsp3) is 0.705. The second kappa shape index (κ2) is 34.0. The number of hydrogen-bond donors (Lipinski definition) is 18. The van der Waals surface area contributed by atoms with Crippen LogP contribution in [0.1, 0.15) is 89.7 Å². The lowest BCUT2D eigenvalue weighted by molar-refractivity contribution is -0.143. The monoisotopic (exact) mass is 1050 g/mol. The average molecular weight is 1050 g/mol. The van der Waals surface area contributed by atoms with Crippen LogP contribution in [0.4, 0.5) is 0 Å². The molecule has 1 aromatic rings. The summed E-state index contributed by atoms with van der Waals surface area (Å²) in [5.74, 6) is -8.32. The van der Waals surface area contributed by atoms with Crippen molar-refractivity contribution in [2.45, 2.75) is 151 Å². The van der Waals surface area contributed by atoms with Crippen molar-refractivity contribution >= 4 is 59.2 Å². The van der Waals surface area contributed by atoms with Crippen LogP contribution in [0, 0.1) is 0 Å². The molecule has 2 heterocycles. The van der Waals surface area contributed by atoms with Gasteiger partial charge in [-0.25, -0.2) is 9.78 Å². The summed E-state index contributed by atoms with van der Waals surface area (Å²) >= 11 is 0. The van der Waals surface area contributed by atoms with E-state index < -0.39 is 127 Å². The molecule has 30 nitrogen and oxygen atoms in total. The third kappa shape index (κ3) is 22.3. The number of carbonyl (C=O) groups is 9. The summed E-state index contributed by atoms with van der Waals surface area (Å²) in [6, 6.07) is -10.8. The smallest absolute Gasteiger partial charge is 0.326 e. The largest absolute Gasteiger partial charge is 0.480 e. The molecule has 0 radical (unpaired) electrons. The van der Waals surface area contributed by atoms with E-state index >= 15 is 0 Å². The van der Waals surface area contributed by atoms with Gasteiger partial charge in [0.05, 0.1) is 31.1 Å². The van der Waals surface area contributed by atoms with Gasteiger partial charge in [-0.05, 0) is 97.2 Å². The molecule has 1 fully saturated rings. The van der Waals surface area contributed by atoms with E-state index in [0.717, 1.165) is 0 Å². The number of H-pyrrole nitrogens is 1. The molecule has 25 N–H and O–H groups in total. The molecule has 1 aliphatic rings. The zero-order valence-corrected chi connectivity index (χ0v) is 42.0. The van der Waals surface area contributed by atoms with E-state index in [0.29, 0.717) is 44.3 Å². The average Bonchev–Trinajstić information content (AvgIpc) is 4.08. The maximum atomic E-state index is 14.2. The number of aromatic amines is 1. The van der Waals surface area contributed by atoms with Crippen molar-refractivity contribution in [2.75, 3.05) is 45.8 Å². The van der Waals surface area contributed by atoms with Gasteiger partial charge >= 0.3 is 5.97 Å². The SMILES string of the molecule is C[C@H](O)[C@H](NC(=O)[C@@H](NC(=O)[C@@H](N)CCCCN)[C@@H](O)CN)C(=O)NCC(=O)N[C@H](CCCN)C(=O)N1CCC[C@H]1C(=O)N[C@@H](Cc1cnc[nH]1)C(=O)N[C@@H](CCCCN)C(=O)NC(CCCN=C(N)N)C(=O)O. The van der Waals surface area contributed by atoms with Crippen molar-refractivity contribution in [1.29, 1.82) is 0 Å². The Bertz CT molecular complexity index is 1990. The number of carboxylic acids is 1. The molecule has 2 rings (SSSR count). The van der Waals surface area contributed by atoms with Crippen molar-refractivity contribution in [2.24, 2.45) is 45.1 Å². The normalized spacial score (nSPS) is 16.9. The van der Waals surface area contributed by atoms with E-state index in [1.54, 1.807) is 0 Å². The van der Waals surface area contributed by atoms with Crippen LogP contribution in [0.3, 0.4) is 0 Å². The molecule has 0 spiro atoms. The molecule has 1 aromatic heterocycles. The highest BCUT2D eigenvalue weighted by molar-refractivity contribution is 5.98. The Hall–Kier alpha value is -6.57. The van der Waals surface area contributed by atoms with Crippen LogP contribution in [-0.4, -0.2) is 196 Å². The maximum Gasteiger partial charge on any atom is 0.326 e. The maximum absolute atomic E-state index is 14.2. The van der Waals surface area contributed by atoms with Crippen LogP contribution in [0.15, 0.2) is 17.5 Å². The van der Waals surface area contributed by atoms with Gasteiger partial charge in [0.25, 0.3) is 0 Å². The standard InChI is InChI=1S/C44H80N18O12/c1-24(63)34(60-41(71)35(32(64)20-48)61-36(66)26(49)9-2-4-14-45)40(70)54-22-33(65)56-28(11-6-16-47)42(72)62-18-8-13-31(62)39(69)59-30(19-25-21-52-23-55-25)38(68)57-27(10-3-5-15-46)37(67)58-29(43(73)74)12-7-17-53-44(50)51/h21,23-24,26-32,34-35,63-64H,2-20,22,45-49H2,1H3,(H,52,55)(H,54,70)(H,56,65)(H,57,68)(H,58,67)(H,59,69)(H,60,71)(H,61,66)(H,73,74)(H4,50,51,53)/t24-,26-,27-,28+,29?,30-,31-,32-,34-,35-/m0/s1. The number of nitrogens with zero attached hydrogens (tertiary/aromatic N) is 3. The molecule has 0 bridgehead atoms. The van der Waals surface area contributed by atoms with Crippen molar-refractivity contribution in [3.05, 3.63) is 18.2 Å². The zero-order valence-electron chi connectivity index (χ0n) is 42.0. The van der Waals surface area contributed by atoms with Gasteiger partial charge in [0.15, 0.2) is 5.96 Å². The van der Waals surface area contributed by atoms with E-state index in [1.807, 2.05) is 0 Å². The Morgan fingerprint density at radius 1 is 0.730 bits per heavy atom. The molecule has 8 amide bonds. The highest BCUT2D eigenvalue weighted by Gasteiger charge is 2.40. The number of aliphatic carboxylic acids is 1. The molecular formula is C44H80N18O12. The third-order valence-electron chi connectivity index (χ3n) is 11.9. The van der Waals surface area contributed by atoms with E-state index in [2.05, 4.69) is 52.2 Å². The Morgan fingerprint density at radius 2 is 1.34 bits per heavy atom. The molecule has 0 saturated carbocycles. The van der Waals surface area contributed by atoms with Crippen LogP contribution in [-0.2, 0) is 49.6 Å².